The second kappa shape index (κ2) is 6.68. The van der Waals surface area contributed by atoms with E-state index < -0.39 is 6.03 Å². The molecule has 2 fully saturated rings. The lowest BCUT2D eigenvalue weighted by Crippen LogP contribution is -2.40. The summed E-state index contributed by atoms with van der Waals surface area (Å²) in [4.78, 5) is 38.0. The lowest BCUT2D eigenvalue weighted by molar-refractivity contribution is -0.130. The van der Waals surface area contributed by atoms with Gasteiger partial charge in [0.15, 0.2) is 0 Å². The van der Waals surface area contributed by atoms with Crippen LogP contribution in [0.2, 0.25) is 0 Å². The lowest BCUT2D eigenvalue weighted by atomic mass is 10.2. The maximum atomic E-state index is 11.9. The Hall–Kier alpha value is -2.57. The highest BCUT2D eigenvalue weighted by molar-refractivity contribution is 6.04. The molecule has 122 valence electrons. The molecule has 0 atom stereocenters. The van der Waals surface area contributed by atoms with Crippen LogP contribution in [0.25, 0.3) is 0 Å². The Balaban J connectivity index is 1.53. The van der Waals surface area contributed by atoms with E-state index in [0.717, 1.165) is 23.6 Å². The molecule has 0 bridgehead atoms. The van der Waals surface area contributed by atoms with Crippen LogP contribution in [0.3, 0.4) is 0 Å². The fourth-order valence-electron chi connectivity index (χ4n) is 2.85. The van der Waals surface area contributed by atoms with Gasteiger partial charge in [-0.2, -0.15) is 0 Å². The Morgan fingerprint density at radius 1 is 1.22 bits per heavy atom. The molecule has 2 N–H and O–H groups in total. The highest BCUT2D eigenvalue weighted by Gasteiger charge is 2.29. The van der Waals surface area contributed by atoms with Crippen molar-refractivity contribution in [1.29, 1.82) is 0 Å². The Morgan fingerprint density at radius 3 is 2.70 bits per heavy atom. The third-order valence-electron chi connectivity index (χ3n) is 4.11. The number of carbonyl (C=O) groups is 3. The fraction of sp³-hybridized carbons (Fsp3) is 0.438. The van der Waals surface area contributed by atoms with Crippen molar-refractivity contribution >= 4 is 23.5 Å². The molecular formula is C16H20N4O3. The lowest BCUT2D eigenvalue weighted by Gasteiger charge is -2.18. The summed E-state index contributed by atoms with van der Waals surface area (Å²) in [6.45, 7) is 2.24. The molecule has 2 saturated heterocycles. The van der Waals surface area contributed by atoms with Crippen LogP contribution in [0, 0.1) is 0 Å². The van der Waals surface area contributed by atoms with Gasteiger partial charge in [0.1, 0.15) is 6.54 Å². The van der Waals surface area contributed by atoms with E-state index in [2.05, 4.69) is 27.7 Å². The van der Waals surface area contributed by atoms with Crippen LogP contribution in [0.5, 0.6) is 0 Å². The third-order valence-corrected chi connectivity index (χ3v) is 4.11. The van der Waals surface area contributed by atoms with Crippen molar-refractivity contribution in [3.05, 3.63) is 29.8 Å². The van der Waals surface area contributed by atoms with E-state index in [0.29, 0.717) is 6.54 Å². The SMILES string of the molecule is O=C(CN1C(=O)CNC1=O)NCc1cccc(N2CCCC2)c1. The van der Waals surface area contributed by atoms with E-state index in [1.165, 1.54) is 18.5 Å². The monoisotopic (exact) mass is 316 g/mol. The molecule has 2 aliphatic rings. The number of anilines is 1. The number of hydrogen-bond acceptors (Lipinski definition) is 4. The maximum absolute atomic E-state index is 11.9. The first-order valence-corrected chi connectivity index (χ1v) is 7.82. The van der Waals surface area contributed by atoms with Crippen LogP contribution in [-0.2, 0) is 16.1 Å². The molecule has 4 amide bonds. The highest BCUT2D eigenvalue weighted by Crippen LogP contribution is 2.21. The number of urea groups is 1. The highest BCUT2D eigenvalue weighted by atomic mass is 16.2. The van der Waals surface area contributed by atoms with Crippen molar-refractivity contribution in [3.63, 3.8) is 0 Å². The molecule has 0 aliphatic carbocycles. The van der Waals surface area contributed by atoms with Crippen LogP contribution in [0.4, 0.5) is 10.5 Å². The van der Waals surface area contributed by atoms with Crippen molar-refractivity contribution in [2.24, 2.45) is 0 Å². The summed E-state index contributed by atoms with van der Waals surface area (Å²) in [5.74, 6) is -0.719. The number of amides is 4. The predicted octanol–water partition coefficient (Wildman–Crippen LogP) is 0.455. The summed E-state index contributed by atoms with van der Waals surface area (Å²) in [5.41, 5.74) is 2.17. The Labute approximate surface area is 134 Å². The van der Waals surface area contributed by atoms with Crippen LogP contribution in [0.15, 0.2) is 24.3 Å². The van der Waals surface area contributed by atoms with Gasteiger partial charge < -0.3 is 15.5 Å². The maximum Gasteiger partial charge on any atom is 0.325 e. The van der Waals surface area contributed by atoms with E-state index in [1.54, 1.807) is 0 Å². The van der Waals surface area contributed by atoms with Gasteiger partial charge in [-0.05, 0) is 30.5 Å². The summed E-state index contributed by atoms with van der Waals surface area (Å²) >= 11 is 0. The first-order valence-electron chi connectivity index (χ1n) is 7.82. The Morgan fingerprint density at radius 2 is 2.00 bits per heavy atom. The number of nitrogens with one attached hydrogen (secondary N) is 2. The molecule has 0 saturated carbocycles. The third kappa shape index (κ3) is 3.61. The van der Waals surface area contributed by atoms with Gasteiger partial charge in [-0.3, -0.25) is 14.5 Å². The molecule has 2 heterocycles. The molecule has 0 aromatic heterocycles. The molecule has 0 unspecified atom stereocenters. The van der Waals surface area contributed by atoms with Gasteiger partial charge in [0.05, 0.1) is 6.54 Å². The normalized spacial score (nSPS) is 17.6. The molecule has 2 aliphatic heterocycles. The van der Waals surface area contributed by atoms with E-state index in [9.17, 15) is 14.4 Å². The van der Waals surface area contributed by atoms with Gasteiger partial charge in [0.2, 0.25) is 5.91 Å². The number of benzene rings is 1. The van der Waals surface area contributed by atoms with Crippen LogP contribution in [-0.4, -0.2) is 48.9 Å². The predicted molar refractivity (Wildman–Crippen MR) is 84.8 cm³/mol. The molecule has 3 rings (SSSR count). The summed E-state index contributed by atoms with van der Waals surface area (Å²) in [6, 6.07) is 7.56. The van der Waals surface area contributed by atoms with Gasteiger partial charge in [0.25, 0.3) is 5.91 Å². The molecular weight excluding hydrogens is 296 g/mol. The van der Waals surface area contributed by atoms with Crippen molar-refractivity contribution in [2.45, 2.75) is 19.4 Å². The first-order chi connectivity index (χ1) is 11.1. The second-order valence-corrected chi connectivity index (χ2v) is 5.78. The minimum absolute atomic E-state index is 0.0377. The smallest absolute Gasteiger partial charge is 0.325 e. The van der Waals surface area contributed by atoms with Crippen molar-refractivity contribution in [2.75, 3.05) is 31.1 Å². The Bertz CT molecular complexity index is 610. The van der Waals surface area contributed by atoms with Crippen LogP contribution in [0.1, 0.15) is 18.4 Å². The van der Waals surface area contributed by atoms with Crippen LogP contribution < -0.4 is 15.5 Å². The molecule has 23 heavy (non-hydrogen) atoms. The summed E-state index contributed by atoms with van der Waals surface area (Å²) < 4.78 is 0. The molecule has 0 spiro atoms. The number of carbonyl (C=O) groups excluding carboxylic acids is 3. The first kappa shape index (κ1) is 15.3. The zero-order chi connectivity index (χ0) is 16.2. The molecule has 1 aromatic carbocycles. The number of rotatable bonds is 5. The molecule has 7 heteroatoms. The second-order valence-electron chi connectivity index (χ2n) is 5.78. The summed E-state index contributed by atoms with van der Waals surface area (Å²) in [5, 5.41) is 5.14. The van der Waals surface area contributed by atoms with E-state index in [1.807, 2.05) is 12.1 Å². The van der Waals surface area contributed by atoms with E-state index in [4.69, 9.17) is 0 Å². The van der Waals surface area contributed by atoms with Gasteiger partial charge in [-0.25, -0.2) is 4.79 Å². The molecule has 7 nitrogen and oxygen atoms in total. The average molecular weight is 316 g/mol. The number of nitrogens with zero attached hydrogens (tertiary/aromatic N) is 2. The molecule has 1 aromatic rings. The summed E-state index contributed by atoms with van der Waals surface area (Å²) in [7, 11) is 0. The van der Waals surface area contributed by atoms with Gasteiger partial charge in [-0.15, -0.1) is 0 Å². The topological polar surface area (TPSA) is 81.8 Å². The minimum Gasteiger partial charge on any atom is -0.372 e. The van der Waals surface area contributed by atoms with Crippen molar-refractivity contribution < 1.29 is 14.4 Å². The van der Waals surface area contributed by atoms with Gasteiger partial charge in [0, 0.05) is 25.3 Å². The Kier molecular flexibility index (Phi) is 4.45. The van der Waals surface area contributed by atoms with Gasteiger partial charge >= 0.3 is 6.03 Å². The van der Waals surface area contributed by atoms with E-state index >= 15 is 0 Å². The summed E-state index contributed by atoms with van der Waals surface area (Å²) in [6.07, 6.45) is 2.43. The number of hydrogen-bond donors (Lipinski definition) is 2. The van der Waals surface area contributed by atoms with Crippen molar-refractivity contribution in [3.8, 4) is 0 Å². The van der Waals surface area contributed by atoms with Gasteiger partial charge in [-0.1, -0.05) is 12.1 Å². The van der Waals surface area contributed by atoms with Crippen LogP contribution >= 0.6 is 0 Å². The number of imide groups is 1. The minimum atomic E-state index is -0.513. The zero-order valence-electron chi connectivity index (χ0n) is 12.9. The van der Waals surface area contributed by atoms with Crippen molar-refractivity contribution in [1.82, 2.24) is 15.5 Å². The quantitative estimate of drug-likeness (QED) is 0.773. The van der Waals surface area contributed by atoms with E-state index in [-0.39, 0.29) is 24.9 Å². The fourth-order valence-corrected chi connectivity index (χ4v) is 2.85. The standard InChI is InChI=1S/C16H20N4O3/c21-14(11-20-15(22)10-18-16(20)23)17-9-12-4-3-5-13(8-12)19-6-1-2-7-19/h3-5,8H,1-2,6-7,9-11H2,(H,17,21)(H,18,23). The zero-order valence-corrected chi connectivity index (χ0v) is 12.9. The average Bonchev–Trinajstić information content (AvgIpc) is 3.19. The molecule has 0 radical (unpaired) electrons. The largest absolute Gasteiger partial charge is 0.372 e.